The van der Waals surface area contributed by atoms with Crippen LogP contribution in [0, 0.1) is 0 Å². The smallest absolute Gasteiger partial charge is 0.320 e. The zero-order chi connectivity index (χ0) is 19.4. The van der Waals surface area contributed by atoms with E-state index in [0.29, 0.717) is 36.0 Å². The normalized spacial score (nSPS) is 18.7. The zero-order valence-electron chi connectivity index (χ0n) is 15.8. The standard InChI is InChI=1S/C20H25NO6/c1-24-16-11-13(12-17(25-2)19(16)26-3)18(15-8-6-10-27-15)21-9-5-4-7-14(21)20(22)23/h6,8,10-12,14,18H,4-5,7,9H2,1-3H3,(H,22,23). The van der Waals surface area contributed by atoms with Crippen LogP contribution in [-0.2, 0) is 4.79 Å². The maximum absolute atomic E-state index is 11.9. The molecule has 0 bridgehead atoms. The number of ether oxygens (including phenoxy) is 3. The molecule has 1 aromatic carbocycles. The summed E-state index contributed by atoms with van der Waals surface area (Å²) in [6.07, 6.45) is 4.04. The Morgan fingerprint density at radius 3 is 2.41 bits per heavy atom. The molecule has 27 heavy (non-hydrogen) atoms. The summed E-state index contributed by atoms with van der Waals surface area (Å²) in [7, 11) is 4.67. The van der Waals surface area contributed by atoms with Gasteiger partial charge in [0.25, 0.3) is 0 Å². The molecule has 0 spiro atoms. The Balaban J connectivity index is 2.13. The van der Waals surface area contributed by atoms with Crippen molar-refractivity contribution in [2.45, 2.75) is 31.3 Å². The number of carbonyl (C=O) groups is 1. The molecule has 1 aliphatic heterocycles. The number of furan rings is 1. The van der Waals surface area contributed by atoms with E-state index in [1.807, 2.05) is 23.1 Å². The van der Waals surface area contributed by atoms with Crippen LogP contribution < -0.4 is 14.2 Å². The molecule has 1 aliphatic rings. The predicted octanol–water partition coefficient (Wildman–Crippen LogP) is 3.33. The van der Waals surface area contributed by atoms with E-state index in [1.54, 1.807) is 33.7 Å². The fourth-order valence-corrected chi connectivity index (χ4v) is 3.75. The predicted molar refractivity (Wildman–Crippen MR) is 98.6 cm³/mol. The lowest BCUT2D eigenvalue weighted by Gasteiger charge is -2.38. The van der Waals surface area contributed by atoms with Gasteiger partial charge in [0.05, 0.1) is 33.6 Å². The number of piperidine rings is 1. The van der Waals surface area contributed by atoms with E-state index >= 15 is 0 Å². The monoisotopic (exact) mass is 375 g/mol. The lowest BCUT2D eigenvalue weighted by Crippen LogP contribution is -2.46. The van der Waals surface area contributed by atoms with E-state index in [-0.39, 0.29) is 6.04 Å². The Labute approximate surface area is 158 Å². The van der Waals surface area contributed by atoms with Crippen molar-refractivity contribution in [3.05, 3.63) is 41.9 Å². The molecule has 2 aromatic rings. The summed E-state index contributed by atoms with van der Waals surface area (Å²) in [5, 5.41) is 9.74. The van der Waals surface area contributed by atoms with E-state index in [9.17, 15) is 9.90 Å². The van der Waals surface area contributed by atoms with E-state index in [4.69, 9.17) is 18.6 Å². The van der Waals surface area contributed by atoms with Crippen LogP contribution in [0.5, 0.6) is 17.2 Å². The van der Waals surface area contributed by atoms with E-state index in [1.165, 1.54) is 0 Å². The van der Waals surface area contributed by atoms with Gasteiger partial charge in [-0.1, -0.05) is 6.42 Å². The van der Waals surface area contributed by atoms with Gasteiger partial charge >= 0.3 is 5.97 Å². The minimum atomic E-state index is -0.821. The zero-order valence-corrected chi connectivity index (χ0v) is 15.8. The van der Waals surface area contributed by atoms with E-state index in [2.05, 4.69) is 0 Å². The number of likely N-dealkylation sites (tertiary alicyclic amines) is 1. The summed E-state index contributed by atoms with van der Waals surface area (Å²) in [6, 6.07) is 6.42. The van der Waals surface area contributed by atoms with Gasteiger partial charge in [0.2, 0.25) is 5.75 Å². The van der Waals surface area contributed by atoms with Gasteiger partial charge in [-0.05, 0) is 42.7 Å². The number of hydrogen-bond donors (Lipinski definition) is 1. The van der Waals surface area contributed by atoms with Crippen molar-refractivity contribution in [1.29, 1.82) is 0 Å². The highest BCUT2D eigenvalue weighted by molar-refractivity contribution is 5.73. The average Bonchev–Trinajstić information content (AvgIpc) is 3.21. The van der Waals surface area contributed by atoms with Gasteiger partial charge < -0.3 is 23.7 Å². The molecule has 1 saturated heterocycles. The lowest BCUT2D eigenvalue weighted by atomic mass is 9.94. The minimum absolute atomic E-state index is 0.366. The highest BCUT2D eigenvalue weighted by Crippen LogP contribution is 2.43. The first-order valence-corrected chi connectivity index (χ1v) is 8.92. The summed E-state index contributed by atoms with van der Waals surface area (Å²) < 4.78 is 22.1. The molecule has 2 unspecified atom stereocenters. The molecule has 0 saturated carbocycles. The summed E-state index contributed by atoms with van der Waals surface area (Å²) in [4.78, 5) is 13.9. The van der Waals surface area contributed by atoms with Crippen molar-refractivity contribution >= 4 is 5.97 Å². The molecule has 0 amide bonds. The summed E-state index contributed by atoms with van der Waals surface area (Å²) in [6.45, 7) is 0.666. The highest BCUT2D eigenvalue weighted by Gasteiger charge is 2.37. The second-order valence-corrected chi connectivity index (χ2v) is 6.46. The van der Waals surface area contributed by atoms with Gasteiger partial charge in [0.15, 0.2) is 11.5 Å². The molecule has 0 radical (unpaired) electrons. The Morgan fingerprint density at radius 1 is 1.19 bits per heavy atom. The minimum Gasteiger partial charge on any atom is -0.493 e. The average molecular weight is 375 g/mol. The number of hydrogen-bond acceptors (Lipinski definition) is 6. The summed E-state index contributed by atoms with van der Waals surface area (Å²) in [5.74, 6) is 1.39. The van der Waals surface area contributed by atoms with Crippen LogP contribution in [0.15, 0.2) is 34.9 Å². The van der Waals surface area contributed by atoms with Gasteiger partial charge in [0, 0.05) is 6.54 Å². The molecule has 1 fully saturated rings. The van der Waals surface area contributed by atoms with Crippen molar-refractivity contribution < 1.29 is 28.5 Å². The van der Waals surface area contributed by atoms with Gasteiger partial charge in [-0.15, -0.1) is 0 Å². The molecule has 2 heterocycles. The molecule has 1 aromatic heterocycles. The van der Waals surface area contributed by atoms with Crippen molar-refractivity contribution in [2.24, 2.45) is 0 Å². The number of methoxy groups -OCH3 is 3. The highest BCUT2D eigenvalue weighted by atomic mass is 16.5. The first-order chi connectivity index (χ1) is 13.1. The Bertz CT molecular complexity index is 748. The molecule has 2 atom stereocenters. The number of rotatable bonds is 7. The van der Waals surface area contributed by atoms with Crippen LogP contribution in [-0.4, -0.2) is 49.9 Å². The molecule has 7 nitrogen and oxygen atoms in total. The van der Waals surface area contributed by atoms with Gasteiger partial charge in [-0.25, -0.2) is 0 Å². The van der Waals surface area contributed by atoms with Crippen molar-refractivity contribution in [3.63, 3.8) is 0 Å². The number of nitrogens with zero attached hydrogens (tertiary/aromatic N) is 1. The SMILES string of the molecule is COc1cc(C(c2ccco2)N2CCCCC2C(=O)O)cc(OC)c1OC. The first kappa shape index (κ1) is 19.1. The third-order valence-corrected chi connectivity index (χ3v) is 4.98. The Hall–Kier alpha value is -2.67. The fraction of sp³-hybridized carbons (Fsp3) is 0.450. The third-order valence-electron chi connectivity index (χ3n) is 4.98. The van der Waals surface area contributed by atoms with Crippen LogP contribution in [0.3, 0.4) is 0 Å². The molecule has 1 N–H and O–H groups in total. The largest absolute Gasteiger partial charge is 0.493 e. The number of aliphatic carboxylic acids is 1. The van der Waals surface area contributed by atoms with Crippen molar-refractivity contribution in [2.75, 3.05) is 27.9 Å². The number of carboxylic acids is 1. The third kappa shape index (κ3) is 3.73. The molecular formula is C20H25NO6. The second-order valence-electron chi connectivity index (χ2n) is 6.46. The molecule has 146 valence electrons. The van der Waals surface area contributed by atoms with Crippen LogP contribution >= 0.6 is 0 Å². The topological polar surface area (TPSA) is 81.4 Å². The molecule has 7 heteroatoms. The molecule has 3 rings (SSSR count). The first-order valence-electron chi connectivity index (χ1n) is 8.92. The van der Waals surface area contributed by atoms with Gasteiger partial charge in [-0.3, -0.25) is 9.69 Å². The quantitative estimate of drug-likeness (QED) is 0.795. The maximum atomic E-state index is 11.9. The van der Waals surface area contributed by atoms with Crippen LogP contribution in [0.2, 0.25) is 0 Å². The van der Waals surface area contributed by atoms with Crippen LogP contribution in [0.1, 0.15) is 36.6 Å². The summed E-state index contributed by atoms with van der Waals surface area (Å²) in [5.41, 5.74) is 0.826. The van der Waals surface area contributed by atoms with Gasteiger partial charge in [-0.2, -0.15) is 0 Å². The van der Waals surface area contributed by atoms with Crippen molar-refractivity contribution in [1.82, 2.24) is 4.90 Å². The van der Waals surface area contributed by atoms with E-state index < -0.39 is 12.0 Å². The Kier molecular flexibility index (Phi) is 5.91. The lowest BCUT2D eigenvalue weighted by molar-refractivity contribution is -0.145. The Morgan fingerprint density at radius 2 is 1.89 bits per heavy atom. The van der Waals surface area contributed by atoms with E-state index in [0.717, 1.165) is 18.4 Å². The van der Waals surface area contributed by atoms with Crippen molar-refractivity contribution in [3.8, 4) is 17.2 Å². The fourth-order valence-electron chi connectivity index (χ4n) is 3.75. The second kappa shape index (κ2) is 8.35. The number of benzene rings is 1. The molecule has 0 aliphatic carbocycles. The summed E-state index contributed by atoms with van der Waals surface area (Å²) >= 11 is 0. The number of carboxylic acid groups (broad SMARTS) is 1. The van der Waals surface area contributed by atoms with Crippen LogP contribution in [0.4, 0.5) is 0 Å². The van der Waals surface area contributed by atoms with Crippen LogP contribution in [0.25, 0.3) is 0 Å². The maximum Gasteiger partial charge on any atom is 0.320 e. The molecular weight excluding hydrogens is 350 g/mol. The van der Waals surface area contributed by atoms with Gasteiger partial charge in [0.1, 0.15) is 11.8 Å².